The lowest BCUT2D eigenvalue weighted by molar-refractivity contribution is -0.134. The van der Waals surface area contributed by atoms with Crippen molar-refractivity contribution in [3.8, 4) is 0 Å². The lowest BCUT2D eigenvalue weighted by Crippen LogP contribution is -2.49. The van der Waals surface area contributed by atoms with Gasteiger partial charge in [-0.15, -0.1) is 0 Å². The number of likely N-dealkylation sites (N-methyl/N-ethyl adjacent to an activating group) is 1. The number of thiophene rings is 1. The smallest absolute Gasteiger partial charge is 0.241 e. The molecular weight excluding hydrogens is 282 g/mol. The Morgan fingerprint density at radius 2 is 2.24 bits per heavy atom. The fourth-order valence-electron chi connectivity index (χ4n) is 3.53. The fraction of sp³-hybridized carbons (Fsp3) is 0.688. The number of hydrogen-bond acceptors (Lipinski definition) is 4. The molecule has 0 radical (unpaired) electrons. The van der Waals surface area contributed by atoms with E-state index >= 15 is 0 Å². The van der Waals surface area contributed by atoms with Crippen LogP contribution in [0.5, 0.6) is 0 Å². The molecule has 1 aromatic heterocycles. The summed E-state index contributed by atoms with van der Waals surface area (Å²) in [5, 5.41) is 7.82. The molecule has 2 fully saturated rings. The molecule has 0 aromatic carbocycles. The molecular formula is C16H25N3OS. The first kappa shape index (κ1) is 15.0. The van der Waals surface area contributed by atoms with Crippen LogP contribution in [0.3, 0.4) is 0 Å². The van der Waals surface area contributed by atoms with Crippen LogP contribution in [0.15, 0.2) is 16.8 Å². The Labute approximate surface area is 131 Å². The van der Waals surface area contributed by atoms with E-state index in [0.717, 1.165) is 19.5 Å². The van der Waals surface area contributed by atoms with Crippen molar-refractivity contribution in [1.82, 2.24) is 15.1 Å². The second-order valence-electron chi connectivity index (χ2n) is 6.65. The van der Waals surface area contributed by atoms with Crippen LogP contribution in [0.2, 0.25) is 0 Å². The number of carbonyl (C=O) groups excluding carboxylic acids is 1. The molecule has 3 rings (SSSR count). The molecule has 3 heterocycles. The third kappa shape index (κ3) is 2.87. The maximum Gasteiger partial charge on any atom is 0.241 e. The minimum Gasteiger partial charge on any atom is -0.317 e. The number of hydrogen-bond donors (Lipinski definition) is 1. The number of amides is 1. The Bertz CT molecular complexity index is 488. The molecule has 116 valence electrons. The van der Waals surface area contributed by atoms with E-state index in [0.29, 0.717) is 12.0 Å². The van der Waals surface area contributed by atoms with Gasteiger partial charge in [-0.3, -0.25) is 10.1 Å². The van der Waals surface area contributed by atoms with E-state index in [2.05, 4.69) is 52.8 Å². The summed E-state index contributed by atoms with van der Waals surface area (Å²) < 4.78 is 0. The molecule has 2 aliphatic rings. The van der Waals surface area contributed by atoms with Gasteiger partial charge in [0.15, 0.2) is 0 Å². The zero-order chi connectivity index (χ0) is 15.0. The number of rotatable bonds is 3. The third-order valence-electron chi connectivity index (χ3n) is 4.65. The van der Waals surface area contributed by atoms with Crippen molar-refractivity contribution in [2.75, 3.05) is 20.1 Å². The molecule has 4 nitrogen and oxygen atoms in total. The summed E-state index contributed by atoms with van der Waals surface area (Å²) in [6.07, 6.45) is 2.34. The number of nitrogens with one attached hydrogen (secondary N) is 1. The van der Waals surface area contributed by atoms with E-state index in [1.165, 1.54) is 12.0 Å². The molecule has 0 spiro atoms. The predicted molar refractivity (Wildman–Crippen MR) is 86.2 cm³/mol. The van der Waals surface area contributed by atoms with Gasteiger partial charge in [-0.1, -0.05) is 13.8 Å². The van der Waals surface area contributed by atoms with Gasteiger partial charge in [-0.2, -0.15) is 11.3 Å². The van der Waals surface area contributed by atoms with Gasteiger partial charge in [-0.05, 0) is 54.7 Å². The summed E-state index contributed by atoms with van der Waals surface area (Å²) in [6, 6.07) is 2.41. The zero-order valence-corrected chi connectivity index (χ0v) is 13.9. The van der Waals surface area contributed by atoms with E-state index in [-0.39, 0.29) is 18.1 Å². The van der Waals surface area contributed by atoms with Gasteiger partial charge in [0, 0.05) is 12.6 Å². The van der Waals surface area contributed by atoms with Gasteiger partial charge in [0.1, 0.15) is 6.17 Å². The van der Waals surface area contributed by atoms with E-state index in [4.69, 9.17) is 0 Å². The second-order valence-corrected chi connectivity index (χ2v) is 7.43. The highest BCUT2D eigenvalue weighted by atomic mass is 32.1. The minimum atomic E-state index is -0.0536. The molecule has 1 amide bonds. The second kappa shape index (κ2) is 6.07. The fourth-order valence-corrected chi connectivity index (χ4v) is 4.21. The summed E-state index contributed by atoms with van der Waals surface area (Å²) in [4.78, 5) is 17.4. The van der Waals surface area contributed by atoms with E-state index in [1.807, 2.05) is 0 Å². The first-order valence-electron chi connectivity index (χ1n) is 7.87. The van der Waals surface area contributed by atoms with Crippen molar-refractivity contribution in [1.29, 1.82) is 0 Å². The highest BCUT2D eigenvalue weighted by Crippen LogP contribution is 2.33. The van der Waals surface area contributed by atoms with Crippen LogP contribution in [0.4, 0.5) is 0 Å². The molecule has 2 saturated heterocycles. The van der Waals surface area contributed by atoms with Crippen molar-refractivity contribution in [2.24, 2.45) is 5.92 Å². The monoisotopic (exact) mass is 307 g/mol. The zero-order valence-electron chi connectivity index (χ0n) is 13.1. The normalized spacial score (nSPS) is 31.3. The average Bonchev–Trinajstić information content (AvgIpc) is 3.05. The van der Waals surface area contributed by atoms with Gasteiger partial charge in [0.2, 0.25) is 5.91 Å². The van der Waals surface area contributed by atoms with E-state index < -0.39 is 0 Å². The van der Waals surface area contributed by atoms with Crippen molar-refractivity contribution in [2.45, 2.75) is 44.9 Å². The van der Waals surface area contributed by atoms with Gasteiger partial charge in [-0.25, -0.2) is 0 Å². The number of carbonyl (C=O) groups is 1. The number of likely N-dealkylation sites (tertiary alicyclic amines) is 1. The Kier molecular flexibility index (Phi) is 4.33. The average molecular weight is 307 g/mol. The molecule has 0 aliphatic carbocycles. The SMILES string of the molecule is CC(C)C1NC(c2ccsc2)N(C2CCCN(C)C2)C1=O. The van der Waals surface area contributed by atoms with Crippen molar-refractivity contribution < 1.29 is 4.79 Å². The maximum absolute atomic E-state index is 12.9. The lowest BCUT2D eigenvalue weighted by atomic mass is 10.0. The molecule has 5 heteroatoms. The molecule has 0 saturated carbocycles. The van der Waals surface area contributed by atoms with Crippen LogP contribution in [0.25, 0.3) is 0 Å². The number of piperidine rings is 1. The van der Waals surface area contributed by atoms with Crippen molar-refractivity contribution in [3.63, 3.8) is 0 Å². The van der Waals surface area contributed by atoms with Crippen LogP contribution in [0.1, 0.15) is 38.4 Å². The van der Waals surface area contributed by atoms with Gasteiger partial charge in [0.25, 0.3) is 0 Å². The highest BCUT2D eigenvalue weighted by molar-refractivity contribution is 7.07. The molecule has 3 atom stereocenters. The molecule has 2 aliphatic heterocycles. The summed E-state index contributed by atoms with van der Waals surface area (Å²) in [5.74, 6) is 0.603. The lowest BCUT2D eigenvalue weighted by Gasteiger charge is -2.38. The highest BCUT2D eigenvalue weighted by Gasteiger charge is 2.44. The first-order valence-corrected chi connectivity index (χ1v) is 8.81. The maximum atomic E-state index is 12.9. The van der Waals surface area contributed by atoms with Crippen molar-refractivity contribution >= 4 is 17.2 Å². The van der Waals surface area contributed by atoms with Crippen LogP contribution in [-0.4, -0.2) is 47.9 Å². The molecule has 21 heavy (non-hydrogen) atoms. The van der Waals surface area contributed by atoms with Gasteiger partial charge in [0.05, 0.1) is 6.04 Å². The van der Waals surface area contributed by atoms with E-state index in [1.54, 1.807) is 11.3 Å². The number of nitrogens with zero attached hydrogens (tertiary/aromatic N) is 2. The van der Waals surface area contributed by atoms with Crippen LogP contribution < -0.4 is 5.32 Å². The van der Waals surface area contributed by atoms with Crippen molar-refractivity contribution in [3.05, 3.63) is 22.4 Å². The van der Waals surface area contributed by atoms with Gasteiger partial charge >= 0.3 is 0 Å². The molecule has 3 unspecified atom stereocenters. The summed E-state index contributed by atoms with van der Waals surface area (Å²) in [7, 11) is 2.15. The third-order valence-corrected chi connectivity index (χ3v) is 5.36. The predicted octanol–water partition coefficient (Wildman–Crippen LogP) is 2.30. The Balaban J connectivity index is 1.87. The topological polar surface area (TPSA) is 35.6 Å². The molecule has 1 N–H and O–H groups in total. The first-order chi connectivity index (χ1) is 10.1. The van der Waals surface area contributed by atoms with E-state index in [9.17, 15) is 4.79 Å². The van der Waals surface area contributed by atoms with Crippen LogP contribution in [0, 0.1) is 5.92 Å². The van der Waals surface area contributed by atoms with Gasteiger partial charge < -0.3 is 9.80 Å². The Hall–Kier alpha value is -0.910. The Morgan fingerprint density at radius 3 is 2.86 bits per heavy atom. The quantitative estimate of drug-likeness (QED) is 0.931. The summed E-state index contributed by atoms with van der Waals surface area (Å²) in [6.45, 7) is 6.37. The van der Waals surface area contributed by atoms with Crippen LogP contribution >= 0.6 is 11.3 Å². The Morgan fingerprint density at radius 1 is 1.43 bits per heavy atom. The summed E-state index contributed by atoms with van der Waals surface area (Å²) >= 11 is 1.70. The minimum absolute atomic E-state index is 0.0487. The molecule has 1 aromatic rings. The standard InChI is InChI=1S/C16H25N3OS/c1-11(2)14-16(20)19(13-5-4-7-18(3)9-13)15(17-14)12-6-8-21-10-12/h6,8,10-11,13-15,17H,4-5,7,9H2,1-3H3. The largest absolute Gasteiger partial charge is 0.317 e. The van der Waals surface area contributed by atoms with Crippen LogP contribution in [-0.2, 0) is 4.79 Å². The molecule has 0 bridgehead atoms. The summed E-state index contributed by atoms with van der Waals surface area (Å²) in [5.41, 5.74) is 1.23.